The van der Waals surface area contributed by atoms with Crippen molar-refractivity contribution in [3.63, 3.8) is 0 Å². The predicted octanol–water partition coefficient (Wildman–Crippen LogP) is 2.53. The van der Waals surface area contributed by atoms with E-state index in [1.165, 1.54) is 6.92 Å². The molecular weight excluding hydrogens is 129 g/mol. The highest BCUT2D eigenvalue weighted by molar-refractivity contribution is 4.86. The summed E-state index contributed by atoms with van der Waals surface area (Å²) in [6.45, 7) is 5.43. The Morgan fingerprint density at radius 1 is 1.40 bits per heavy atom. The van der Waals surface area contributed by atoms with Crippen LogP contribution in [0, 0.1) is 23.2 Å². The van der Waals surface area contributed by atoms with Crippen molar-refractivity contribution in [2.45, 2.75) is 33.4 Å². The maximum absolute atomic E-state index is 12.5. The fourth-order valence-electron chi connectivity index (χ4n) is 0.851. The lowest BCUT2D eigenvalue weighted by atomic mass is 9.95. The third-order valence-electron chi connectivity index (χ3n) is 1.45. The van der Waals surface area contributed by atoms with E-state index in [9.17, 15) is 4.39 Å². The van der Waals surface area contributed by atoms with Crippen molar-refractivity contribution in [3.05, 3.63) is 0 Å². The lowest BCUT2D eigenvalue weighted by molar-refractivity contribution is 0.263. The molecule has 0 aliphatic carbocycles. The van der Waals surface area contributed by atoms with Crippen molar-refractivity contribution in [3.8, 4) is 6.07 Å². The van der Waals surface area contributed by atoms with Crippen LogP contribution >= 0.6 is 0 Å². The first-order valence-corrected chi connectivity index (χ1v) is 3.61. The number of rotatable bonds is 3. The van der Waals surface area contributed by atoms with Crippen LogP contribution in [-0.2, 0) is 0 Å². The van der Waals surface area contributed by atoms with Gasteiger partial charge in [0.05, 0.1) is 12.0 Å². The van der Waals surface area contributed by atoms with E-state index in [4.69, 9.17) is 5.26 Å². The highest BCUT2D eigenvalue weighted by atomic mass is 19.1. The molecule has 0 aromatic heterocycles. The highest BCUT2D eigenvalue weighted by Crippen LogP contribution is 2.16. The zero-order chi connectivity index (χ0) is 8.15. The number of alkyl halides is 1. The number of nitriles is 1. The van der Waals surface area contributed by atoms with Gasteiger partial charge in [0, 0.05) is 0 Å². The molecule has 0 rings (SSSR count). The van der Waals surface area contributed by atoms with Gasteiger partial charge in [0.2, 0.25) is 0 Å². The van der Waals surface area contributed by atoms with Crippen LogP contribution in [0.15, 0.2) is 0 Å². The molecular formula is C8H14FN. The number of nitrogens with zero attached hydrogens (tertiary/aromatic N) is 1. The molecule has 0 radical (unpaired) electrons. The Morgan fingerprint density at radius 3 is 2.00 bits per heavy atom. The van der Waals surface area contributed by atoms with E-state index in [1.54, 1.807) is 0 Å². The molecule has 0 bridgehead atoms. The SMILES string of the molecule is CC(C)CC(C#N)C(C)F. The topological polar surface area (TPSA) is 23.8 Å². The highest BCUT2D eigenvalue weighted by Gasteiger charge is 2.16. The molecule has 0 heterocycles. The summed E-state index contributed by atoms with van der Waals surface area (Å²) < 4.78 is 12.5. The van der Waals surface area contributed by atoms with E-state index in [1.807, 2.05) is 19.9 Å². The minimum Gasteiger partial charge on any atom is -0.246 e. The summed E-state index contributed by atoms with van der Waals surface area (Å²) >= 11 is 0. The van der Waals surface area contributed by atoms with Gasteiger partial charge in [-0.2, -0.15) is 5.26 Å². The fourth-order valence-corrected chi connectivity index (χ4v) is 0.851. The molecule has 0 amide bonds. The summed E-state index contributed by atoms with van der Waals surface area (Å²) in [5.74, 6) is -0.0113. The second-order valence-corrected chi connectivity index (χ2v) is 3.04. The summed E-state index contributed by atoms with van der Waals surface area (Å²) in [7, 11) is 0. The van der Waals surface area contributed by atoms with Gasteiger partial charge < -0.3 is 0 Å². The molecule has 0 N–H and O–H groups in total. The van der Waals surface area contributed by atoms with Gasteiger partial charge in [0.25, 0.3) is 0 Å². The van der Waals surface area contributed by atoms with E-state index in [-0.39, 0.29) is 0 Å². The van der Waals surface area contributed by atoms with Crippen molar-refractivity contribution < 1.29 is 4.39 Å². The van der Waals surface area contributed by atoms with E-state index in [0.717, 1.165) is 0 Å². The molecule has 0 spiro atoms. The average molecular weight is 143 g/mol. The van der Waals surface area contributed by atoms with Crippen LogP contribution in [0.1, 0.15) is 27.2 Å². The van der Waals surface area contributed by atoms with Gasteiger partial charge in [-0.15, -0.1) is 0 Å². The fraction of sp³-hybridized carbons (Fsp3) is 0.875. The van der Waals surface area contributed by atoms with E-state index < -0.39 is 12.1 Å². The molecule has 1 nitrogen and oxygen atoms in total. The van der Waals surface area contributed by atoms with Crippen LogP contribution in [0.2, 0.25) is 0 Å². The minimum atomic E-state index is -0.993. The first-order valence-electron chi connectivity index (χ1n) is 3.61. The normalized spacial score (nSPS) is 16.4. The van der Waals surface area contributed by atoms with E-state index >= 15 is 0 Å². The maximum atomic E-state index is 12.5. The largest absolute Gasteiger partial charge is 0.246 e. The van der Waals surface area contributed by atoms with Gasteiger partial charge >= 0.3 is 0 Å². The second-order valence-electron chi connectivity index (χ2n) is 3.04. The molecule has 2 heteroatoms. The van der Waals surface area contributed by atoms with Crippen LogP contribution in [0.3, 0.4) is 0 Å². The Morgan fingerprint density at radius 2 is 1.90 bits per heavy atom. The number of hydrogen-bond acceptors (Lipinski definition) is 1. The third-order valence-corrected chi connectivity index (χ3v) is 1.45. The van der Waals surface area contributed by atoms with Crippen LogP contribution in [0.4, 0.5) is 4.39 Å². The molecule has 0 saturated carbocycles. The van der Waals surface area contributed by atoms with Gasteiger partial charge in [0.15, 0.2) is 0 Å². The van der Waals surface area contributed by atoms with Crippen molar-refractivity contribution >= 4 is 0 Å². The first-order chi connectivity index (χ1) is 4.57. The Labute approximate surface area is 61.9 Å². The van der Waals surface area contributed by atoms with Gasteiger partial charge in [-0.25, -0.2) is 4.39 Å². The van der Waals surface area contributed by atoms with Crippen LogP contribution in [-0.4, -0.2) is 6.17 Å². The van der Waals surface area contributed by atoms with Gasteiger partial charge in [0.1, 0.15) is 6.17 Å². The summed E-state index contributed by atoms with van der Waals surface area (Å²) in [5.41, 5.74) is 0. The van der Waals surface area contributed by atoms with E-state index in [2.05, 4.69) is 0 Å². The van der Waals surface area contributed by atoms with Gasteiger partial charge in [-0.3, -0.25) is 0 Å². The Bertz CT molecular complexity index is 124. The van der Waals surface area contributed by atoms with E-state index in [0.29, 0.717) is 12.3 Å². The second kappa shape index (κ2) is 4.27. The standard InChI is InChI=1S/C8H14FN/c1-6(2)4-8(5-10)7(3)9/h6-8H,4H2,1-3H3. The number of hydrogen-bond donors (Lipinski definition) is 0. The zero-order valence-corrected chi connectivity index (χ0v) is 6.76. The molecule has 0 aromatic carbocycles. The average Bonchev–Trinajstić information content (AvgIpc) is 1.81. The summed E-state index contributed by atoms with van der Waals surface area (Å²) in [4.78, 5) is 0. The van der Waals surface area contributed by atoms with Gasteiger partial charge in [-0.05, 0) is 19.3 Å². The van der Waals surface area contributed by atoms with Crippen LogP contribution in [0.25, 0.3) is 0 Å². The maximum Gasteiger partial charge on any atom is 0.113 e. The first kappa shape index (κ1) is 9.42. The minimum absolute atomic E-state index is 0.405. The van der Waals surface area contributed by atoms with Crippen LogP contribution < -0.4 is 0 Å². The lowest BCUT2D eigenvalue weighted by Crippen LogP contribution is -2.12. The van der Waals surface area contributed by atoms with Gasteiger partial charge in [-0.1, -0.05) is 13.8 Å². The Hall–Kier alpha value is -0.580. The van der Waals surface area contributed by atoms with Crippen molar-refractivity contribution in [2.24, 2.45) is 11.8 Å². The molecule has 0 saturated heterocycles. The number of halogens is 1. The molecule has 2 atom stereocenters. The molecule has 10 heavy (non-hydrogen) atoms. The lowest BCUT2D eigenvalue weighted by Gasteiger charge is -2.11. The Kier molecular flexibility index (Phi) is 4.02. The molecule has 0 aliphatic rings. The van der Waals surface area contributed by atoms with Crippen molar-refractivity contribution in [1.29, 1.82) is 5.26 Å². The third kappa shape index (κ3) is 3.45. The van der Waals surface area contributed by atoms with Crippen LogP contribution in [0.5, 0.6) is 0 Å². The molecule has 58 valence electrons. The molecule has 0 fully saturated rings. The molecule has 2 unspecified atom stereocenters. The Balaban J connectivity index is 3.75. The summed E-state index contributed by atoms with van der Waals surface area (Å²) in [6.07, 6.45) is -0.332. The zero-order valence-electron chi connectivity index (χ0n) is 6.76. The predicted molar refractivity (Wildman–Crippen MR) is 39.1 cm³/mol. The van der Waals surface area contributed by atoms with Crippen molar-refractivity contribution in [1.82, 2.24) is 0 Å². The quantitative estimate of drug-likeness (QED) is 0.595. The summed E-state index contributed by atoms with van der Waals surface area (Å²) in [5, 5.41) is 8.46. The summed E-state index contributed by atoms with van der Waals surface area (Å²) in [6, 6.07) is 1.96. The smallest absolute Gasteiger partial charge is 0.113 e. The molecule has 0 aromatic rings. The molecule has 0 aliphatic heterocycles. The van der Waals surface area contributed by atoms with Crippen molar-refractivity contribution in [2.75, 3.05) is 0 Å². The monoisotopic (exact) mass is 143 g/mol.